The zero-order chi connectivity index (χ0) is 9.30. The summed E-state index contributed by atoms with van der Waals surface area (Å²) in [5, 5.41) is 8.60. The van der Waals surface area contributed by atoms with Crippen LogP contribution in [0.5, 0.6) is 5.75 Å². The summed E-state index contributed by atoms with van der Waals surface area (Å²) < 4.78 is 24.0. The molecule has 0 aliphatic heterocycles. The Labute approximate surface area is 76.7 Å². The molecule has 0 saturated carbocycles. The third kappa shape index (κ3) is 1.76. The highest BCUT2D eigenvalue weighted by Gasteiger charge is 2.16. The molecule has 1 N–H and O–H groups in total. The minimum absolute atomic E-state index is 0.0569. The minimum Gasteiger partial charge on any atom is -0.506 e. The molecule has 6 heteroatoms. The molecule has 66 valence electrons. The molecule has 0 saturated heterocycles. The van der Waals surface area contributed by atoms with Crippen molar-refractivity contribution in [1.29, 1.82) is 0 Å². The van der Waals surface area contributed by atoms with Crippen molar-refractivity contribution in [3.05, 3.63) is 21.9 Å². The predicted molar refractivity (Wildman–Crippen MR) is 40.9 cm³/mol. The average molecular weight is 214 g/mol. The van der Waals surface area contributed by atoms with E-state index in [1.807, 2.05) is 0 Å². The van der Waals surface area contributed by atoms with Gasteiger partial charge in [-0.2, -0.15) is 0 Å². The van der Waals surface area contributed by atoms with Gasteiger partial charge in [0.05, 0.1) is 5.02 Å². The first-order valence-corrected chi connectivity index (χ1v) is 3.61. The van der Waals surface area contributed by atoms with Crippen LogP contribution in [0.2, 0.25) is 10.2 Å². The summed E-state index contributed by atoms with van der Waals surface area (Å²) in [6.45, 7) is 0. The first kappa shape index (κ1) is 9.48. The molecule has 0 fully saturated rings. The monoisotopic (exact) mass is 213 g/mol. The maximum Gasteiger partial charge on any atom is 0.284 e. The van der Waals surface area contributed by atoms with Crippen molar-refractivity contribution in [2.24, 2.45) is 0 Å². The number of nitrogens with zero attached hydrogens (tertiary/aromatic N) is 1. The molecular formula is C6H3Cl2F2NO. The fourth-order valence-corrected chi connectivity index (χ4v) is 0.922. The van der Waals surface area contributed by atoms with E-state index in [4.69, 9.17) is 28.3 Å². The van der Waals surface area contributed by atoms with Crippen molar-refractivity contribution in [2.45, 2.75) is 6.43 Å². The first-order chi connectivity index (χ1) is 5.52. The van der Waals surface area contributed by atoms with Crippen LogP contribution in [0.15, 0.2) is 6.07 Å². The zero-order valence-electron chi connectivity index (χ0n) is 5.56. The molecule has 0 unspecified atom stereocenters. The van der Waals surface area contributed by atoms with Gasteiger partial charge in [0.15, 0.2) is 0 Å². The van der Waals surface area contributed by atoms with E-state index in [-0.39, 0.29) is 10.2 Å². The SMILES string of the molecule is Oc1cc(Cl)c(Cl)nc1C(F)F. The highest BCUT2D eigenvalue weighted by Crippen LogP contribution is 2.31. The van der Waals surface area contributed by atoms with Crippen molar-refractivity contribution in [1.82, 2.24) is 4.98 Å². The molecule has 0 amide bonds. The number of halogens is 4. The van der Waals surface area contributed by atoms with Gasteiger partial charge in [-0.15, -0.1) is 0 Å². The molecule has 1 rings (SSSR count). The first-order valence-electron chi connectivity index (χ1n) is 2.85. The molecule has 2 nitrogen and oxygen atoms in total. The zero-order valence-corrected chi connectivity index (χ0v) is 7.07. The molecular weight excluding hydrogens is 211 g/mol. The standard InChI is InChI=1S/C6H3Cl2F2NO/c7-2-1-3(12)4(6(9)10)11-5(2)8/h1,6,12H. The van der Waals surface area contributed by atoms with Crippen molar-refractivity contribution in [2.75, 3.05) is 0 Å². The van der Waals surface area contributed by atoms with Gasteiger partial charge in [0, 0.05) is 6.07 Å². The maximum atomic E-state index is 12.0. The topological polar surface area (TPSA) is 33.1 Å². The van der Waals surface area contributed by atoms with Crippen LogP contribution in [0.3, 0.4) is 0 Å². The minimum atomic E-state index is -2.86. The van der Waals surface area contributed by atoms with Gasteiger partial charge in [0.25, 0.3) is 6.43 Å². The Balaban J connectivity index is 3.23. The number of aromatic nitrogens is 1. The Morgan fingerprint density at radius 3 is 2.50 bits per heavy atom. The Bertz CT molecular complexity index is 306. The van der Waals surface area contributed by atoms with Gasteiger partial charge < -0.3 is 5.11 Å². The summed E-state index contributed by atoms with van der Waals surface area (Å²) in [5.74, 6) is -0.653. The van der Waals surface area contributed by atoms with E-state index in [0.29, 0.717) is 0 Å². The summed E-state index contributed by atoms with van der Waals surface area (Å²) in [5.41, 5.74) is -0.760. The van der Waals surface area contributed by atoms with E-state index in [2.05, 4.69) is 4.98 Å². The number of pyridine rings is 1. The van der Waals surface area contributed by atoms with Crippen molar-refractivity contribution in [3.63, 3.8) is 0 Å². The lowest BCUT2D eigenvalue weighted by Crippen LogP contribution is -1.91. The second-order valence-electron chi connectivity index (χ2n) is 1.97. The van der Waals surface area contributed by atoms with E-state index in [1.165, 1.54) is 0 Å². The van der Waals surface area contributed by atoms with Crippen molar-refractivity contribution < 1.29 is 13.9 Å². The van der Waals surface area contributed by atoms with E-state index in [0.717, 1.165) is 6.07 Å². The van der Waals surface area contributed by atoms with Gasteiger partial charge in [0.1, 0.15) is 16.6 Å². The van der Waals surface area contributed by atoms with Gasteiger partial charge in [-0.1, -0.05) is 23.2 Å². The summed E-state index contributed by atoms with van der Waals surface area (Å²) in [4.78, 5) is 3.21. The highest BCUT2D eigenvalue weighted by molar-refractivity contribution is 6.41. The molecule has 1 aromatic heterocycles. The summed E-state index contributed by atoms with van der Waals surface area (Å²) in [6.07, 6.45) is -2.86. The number of hydrogen-bond donors (Lipinski definition) is 1. The highest BCUT2D eigenvalue weighted by atomic mass is 35.5. The summed E-state index contributed by atoms with van der Waals surface area (Å²) in [7, 11) is 0. The fraction of sp³-hybridized carbons (Fsp3) is 0.167. The van der Waals surface area contributed by atoms with Crippen molar-refractivity contribution >= 4 is 23.2 Å². The lowest BCUT2D eigenvalue weighted by Gasteiger charge is -2.03. The molecule has 0 atom stereocenters. The molecule has 12 heavy (non-hydrogen) atoms. The van der Waals surface area contributed by atoms with E-state index in [9.17, 15) is 8.78 Å². The molecule has 0 spiro atoms. The van der Waals surface area contributed by atoms with Crippen LogP contribution in [0.4, 0.5) is 8.78 Å². The normalized spacial score (nSPS) is 10.8. The van der Waals surface area contributed by atoms with Crippen LogP contribution in [0.25, 0.3) is 0 Å². The average Bonchev–Trinajstić information content (AvgIpc) is 1.96. The van der Waals surface area contributed by atoms with Gasteiger partial charge in [0.2, 0.25) is 0 Å². The van der Waals surface area contributed by atoms with Crippen molar-refractivity contribution in [3.8, 4) is 5.75 Å². The Hall–Kier alpha value is -0.610. The number of hydrogen-bond acceptors (Lipinski definition) is 2. The largest absolute Gasteiger partial charge is 0.506 e. The second-order valence-corrected chi connectivity index (χ2v) is 2.73. The fourth-order valence-electron chi connectivity index (χ4n) is 0.631. The van der Waals surface area contributed by atoms with Crippen LogP contribution >= 0.6 is 23.2 Å². The summed E-state index contributed by atoms with van der Waals surface area (Å²) >= 11 is 10.7. The predicted octanol–water partition coefficient (Wildman–Crippen LogP) is 3.03. The number of aromatic hydroxyl groups is 1. The number of alkyl halides is 2. The smallest absolute Gasteiger partial charge is 0.284 e. The Kier molecular flexibility index (Phi) is 2.69. The summed E-state index contributed by atoms with van der Waals surface area (Å²) in [6, 6.07) is 0.929. The van der Waals surface area contributed by atoms with Crippen LogP contribution in [-0.2, 0) is 0 Å². The molecule has 0 aliphatic rings. The maximum absolute atomic E-state index is 12.0. The van der Waals surface area contributed by atoms with Gasteiger partial charge >= 0.3 is 0 Å². The van der Waals surface area contributed by atoms with Gasteiger partial charge in [-0.05, 0) is 0 Å². The Morgan fingerprint density at radius 2 is 2.00 bits per heavy atom. The van der Waals surface area contributed by atoms with E-state index in [1.54, 1.807) is 0 Å². The van der Waals surface area contributed by atoms with Crippen LogP contribution in [0, 0.1) is 0 Å². The lowest BCUT2D eigenvalue weighted by atomic mass is 10.3. The number of rotatable bonds is 1. The van der Waals surface area contributed by atoms with Gasteiger partial charge in [-0.25, -0.2) is 13.8 Å². The van der Waals surface area contributed by atoms with Crippen LogP contribution < -0.4 is 0 Å². The molecule has 0 aromatic carbocycles. The quantitative estimate of drug-likeness (QED) is 0.728. The van der Waals surface area contributed by atoms with E-state index < -0.39 is 17.9 Å². The third-order valence-corrected chi connectivity index (χ3v) is 1.82. The molecule has 0 radical (unpaired) electrons. The van der Waals surface area contributed by atoms with E-state index >= 15 is 0 Å². The second kappa shape index (κ2) is 3.41. The Morgan fingerprint density at radius 1 is 1.42 bits per heavy atom. The molecule has 0 bridgehead atoms. The molecule has 1 heterocycles. The molecule has 1 aromatic rings. The molecule has 0 aliphatic carbocycles. The van der Waals surface area contributed by atoms with Crippen LogP contribution in [-0.4, -0.2) is 10.1 Å². The van der Waals surface area contributed by atoms with Crippen LogP contribution in [0.1, 0.15) is 12.1 Å². The lowest BCUT2D eigenvalue weighted by molar-refractivity contribution is 0.142. The van der Waals surface area contributed by atoms with Gasteiger partial charge in [-0.3, -0.25) is 0 Å². The third-order valence-electron chi connectivity index (χ3n) is 1.15.